The van der Waals surface area contributed by atoms with Crippen LogP contribution >= 0.6 is 0 Å². The summed E-state index contributed by atoms with van der Waals surface area (Å²) in [6.07, 6.45) is 0.718. The molecule has 0 aliphatic carbocycles. The van der Waals surface area contributed by atoms with Crippen LogP contribution in [0, 0.1) is 5.41 Å². The summed E-state index contributed by atoms with van der Waals surface area (Å²) < 4.78 is 4.88. The van der Waals surface area contributed by atoms with Crippen molar-refractivity contribution in [3.63, 3.8) is 0 Å². The maximum absolute atomic E-state index is 11.3. The second kappa shape index (κ2) is 6.80. The Morgan fingerprint density at radius 2 is 2.13 bits per heavy atom. The lowest BCUT2D eigenvalue weighted by Crippen LogP contribution is -2.41. The molecule has 0 aromatic heterocycles. The van der Waals surface area contributed by atoms with Gasteiger partial charge in [0.1, 0.15) is 6.04 Å². The van der Waals surface area contributed by atoms with Crippen molar-refractivity contribution in [2.45, 2.75) is 40.2 Å². The van der Waals surface area contributed by atoms with Gasteiger partial charge in [-0.2, -0.15) is 0 Å². The van der Waals surface area contributed by atoms with E-state index in [9.17, 15) is 4.79 Å². The van der Waals surface area contributed by atoms with Crippen LogP contribution in [0.15, 0.2) is 0 Å². The molecule has 0 radical (unpaired) electrons. The quantitative estimate of drug-likeness (QED) is 0.623. The van der Waals surface area contributed by atoms with Crippen LogP contribution < -0.4 is 5.32 Å². The molecule has 90 valence electrons. The summed E-state index contributed by atoms with van der Waals surface area (Å²) in [7, 11) is 0. The molecule has 0 amide bonds. The van der Waals surface area contributed by atoms with Crippen molar-refractivity contribution in [1.29, 1.82) is 0 Å². The Labute approximate surface area is 92.0 Å². The summed E-state index contributed by atoms with van der Waals surface area (Å²) in [6, 6.07) is -0.289. The molecular weight excluding hydrogens is 194 g/mol. The van der Waals surface area contributed by atoms with E-state index in [4.69, 9.17) is 9.84 Å². The van der Waals surface area contributed by atoms with Crippen molar-refractivity contribution < 1.29 is 14.6 Å². The van der Waals surface area contributed by atoms with Crippen LogP contribution in [0.4, 0.5) is 0 Å². The normalized spacial score (nSPS) is 13.7. The van der Waals surface area contributed by atoms with Gasteiger partial charge in [0.25, 0.3) is 0 Å². The van der Waals surface area contributed by atoms with Gasteiger partial charge in [0.05, 0.1) is 6.61 Å². The van der Waals surface area contributed by atoms with Crippen LogP contribution in [-0.2, 0) is 9.53 Å². The SMILES string of the molecule is CCOC(=O)C(C)NCC(C)(C)CCO. The molecule has 0 spiro atoms. The lowest BCUT2D eigenvalue weighted by atomic mass is 9.89. The molecule has 0 aliphatic rings. The molecule has 0 saturated heterocycles. The molecule has 15 heavy (non-hydrogen) atoms. The van der Waals surface area contributed by atoms with E-state index in [1.54, 1.807) is 13.8 Å². The fourth-order valence-corrected chi connectivity index (χ4v) is 1.17. The van der Waals surface area contributed by atoms with Crippen LogP contribution in [0.5, 0.6) is 0 Å². The number of carbonyl (C=O) groups is 1. The van der Waals surface area contributed by atoms with Crippen molar-refractivity contribution in [2.24, 2.45) is 5.41 Å². The third-order valence-corrected chi connectivity index (χ3v) is 2.32. The topological polar surface area (TPSA) is 58.6 Å². The first kappa shape index (κ1) is 14.4. The van der Waals surface area contributed by atoms with Crippen LogP contribution in [0.25, 0.3) is 0 Å². The number of carbonyl (C=O) groups excluding carboxylic acids is 1. The standard InChI is InChI=1S/C11H23NO3/c1-5-15-10(14)9(2)12-8-11(3,4)6-7-13/h9,12-13H,5-8H2,1-4H3. The summed E-state index contributed by atoms with van der Waals surface area (Å²) in [5.41, 5.74) is -0.00446. The van der Waals surface area contributed by atoms with Crippen LogP contribution in [0.1, 0.15) is 34.1 Å². The minimum absolute atomic E-state index is 0.00446. The molecule has 0 bridgehead atoms. The highest BCUT2D eigenvalue weighted by molar-refractivity contribution is 5.75. The fraction of sp³-hybridized carbons (Fsp3) is 0.909. The third kappa shape index (κ3) is 6.47. The van der Waals surface area contributed by atoms with Crippen molar-refractivity contribution >= 4 is 5.97 Å². The molecule has 0 aliphatic heterocycles. The highest BCUT2D eigenvalue weighted by Crippen LogP contribution is 2.18. The predicted octanol–water partition coefficient (Wildman–Crippen LogP) is 0.936. The molecule has 4 nitrogen and oxygen atoms in total. The van der Waals surface area contributed by atoms with Crippen molar-refractivity contribution in [3.05, 3.63) is 0 Å². The predicted molar refractivity (Wildman–Crippen MR) is 59.6 cm³/mol. The average molecular weight is 217 g/mol. The van der Waals surface area contributed by atoms with Gasteiger partial charge in [-0.3, -0.25) is 4.79 Å². The van der Waals surface area contributed by atoms with Crippen LogP contribution in [-0.4, -0.2) is 36.9 Å². The Morgan fingerprint density at radius 1 is 1.53 bits per heavy atom. The summed E-state index contributed by atoms with van der Waals surface area (Å²) in [4.78, 5) is 11.3. The van der Waals surface area contributed by atoms with Gasteiger partial charge in [-0.05, 0) is 25.7 Å². The number of nitrogens with one attached hydrogen (secondary N) is 1. The minimum Gasteiger partial charge on any atom is -0.465 e. The van der Waals surface area contributed by atoms with E-state index in [1.807, 2.05) is 13.8 Å². The fourth-order valence-electron chi connectivity index (χ4n) is 1.17. The molecule has 0 heterocycles. The zero-order valence-electron chi connectivity index (χ0n) is 10.2. The lowest BCUT2D eigenvalue weighted by Gasteiger charge is -2.25. The Balaban J connectivity index is 3.88. The Bertz CT molecular complexity index is 192. The molecule has 4 heteroatoms. The largest absolute Gasteiger partial charge is 0.465 e. The first-order valence-corrected chi connectivity index (χ1v) is 5.44. The maximum Gasteiger partial charge on any atom is 0.322 e. The van der Waals surface area contributed by atoms with Gasteiger partial charge in [-0.1, -0.05) is 13.8 Å². The minimum atomic E-state index is -0.289. The summed E-state index contributed by atoms with van der Waals surface area (Å²) in [5, 5.41) is 11.9. The molecule has 0 saturated carbocycles. The number of rotatable bonds is 7. The first-order chi connectivity index (χ1) is 6.93. The second-order valence-corrected chi connectivity index (χ2v) is 4.49. The number of aliphatic hydroxyl groups is 1. The highest BCUT2D eigenvalue weighted by atomic mass is 16.5. The van der Waals surface area contributed by atoms with E-state index in [2.05, 4.69) is 5.32 Å². The number of aliphatic hydroxyl groups excluding tert-OH is 1. The molecule has 1 atom stereocenters. The Morgan fingerprint density at radius 3 is 2.60 bits per heavy atom. The van der Waals surface area contributed by atoms with E-state index in [-0.39, 0.29) is 24.0 Å². The van der Waals surface area contributed by atoms with Crippen molar-refractivity contribution in [2.75, 3.05) is 19.8 Å². The molecular formula is C11H23NO3. The highest BCUT2D eigenvalue weighted by Gasteiger charge is 2.20. The Hall–Kier alpha value is -0.610. The lowest BCUT2D eigenvalue weighted by molar-refractivity contribution is -0.145. The molecule has 2 N–H and O–H groups in total. The molecule has 0 rings (SSSR count). The van der Waals surface area contributed by atoms with E-state index >= 15 is 0 Å². The summed E-state index contributed by atoms with van der Waals surface area (Å²) >= 11 is 0. The monoisotopic (exact) mass is 217 g/mol. The first-order valence-electron chi connectivity index (χ1n) is 5.44. The van der Waals surface area contributed by atoms with Crippen molar-refractivity contribution in [3.8, 4) is 0 Å². The number of ether oxygens (including phenoxy) is 1. The zero-order chi connectivity index (χ0) is 11.9. The van der Waals surface area contributed by atoms with E-state index in [0.717, 1.165) is 6.42 Å². The van der Waals surface area contributed by atoms with E-state index in [0.29, 0.717) is 13.2 Å². The van der Waals surface area contributed by atoms with Crippen LogP contribution in [0.3, 0.4) is 0 Å². The van der Waals surface area contributed by atoms with Gasteiger partial charge in [0.15, 0.2) is 0 Å². The maximum atomic E-state index is 11.3. The van der Waals surface area contributed by atoms with E-state index < -0.39 is 0 Å². The summed E-state index contributed by atoms with van der Waals surface area (Å²) in [5.74, 6) is -0.225. The molecule has 0 fully saturated rings. The number of hydrogen-bond acceptors (Lipinski definition) is 4. The van der Waals surface area contributed by atoms with Crippen LogP contribution in [0.2, 0.25) is 0 Å². The molecule has 0 aromatic rings. The van der Waals surface area contributed by atoms with Gasteiger partial charge < -0.3 is 15.2 Å². The molecule has 0 aromatic carbocycles. The van der Waals surface area contributed by atoms with Gasteiger partial charge >= 0.3 is 5.97 Å². The average Bonchev–Trinajstić information content (AvgIpc) is 2.14. The zero-order valence-corrected chi connectivity index (χ0v) is 10.2. The van der Waals surface area contributed by atoms with Crippen molar-refractivity contribution in [1.82, 2.24) is 5.32 Å². The van der Waals surface area contributed by atoms with E-state index in [1.165, 1.54) is 0 Å². The number of hydrogen-bond donors (Lipinski definition) is 2. The van der Waals surface area contributed by atoms with Gasteiger partial charge in [-0.15, -0.1) is 0 Å². The van der Waals surface area contributed by atoms with Gasteiger partial charge in [-0.25, -0.2) is 0 Å². The smallest absolute Gasteiger partial charge is 0.322 e. The summed E-state index contributed by atoms with van der Waals surface area (Å²) in [6.45, 7) is 8.94. The third-order valence-electron chi connectivity index (χ3n) is 2.32. The van der Waals surface area contributed by atoms with Gasteiger partial charge in [0, 0.05) is 13.2 Å². The second-order valence-electron chi connectivity index (χ2n) is 4.49. The Kier molecular flexibility index (Phi) is 6.52. The van der Waals surface area contributed by atoms with Gasteiger partial charge in [0.2, 0.25) is 0 Å². The number of esters is 1. The molecule has 1 unspecified atom stereocenters.